The van der Waals surface area contributed by atoms with Crippen LogP contribution >= 0.6 is 0 Å². The summed E-state index contributed by atoms with van der Waals surface area (Å²) in [5, 5.41) is 11.8. The molecule has 0 radical (unpaired) electrons. The van der Waals surface area contributed by atoms with Gasteiger partial charge in [-0.05, 0) is 24.5 Å². The Morgan fingerprint density at radius 1 is 1.39 bits per heavy atom. The van der Waals surface area contributed by atoms with Crippen LogP contribution in [0.25, 0.3) is 5.65 Å². The van der Waals surface area contributed by atoms with Crippen molar-refractivity contribution in [2.75, 3.05) is 26.3 Å². The van der Waals surface area contributed by atoms with E-state index in [0.29, 0.717) is 5.92 Å². The summed E-state index contributed by atoms with van der Waals surface area (Å²) < 4.78 is 7.39. The Morgan fingerprint density at radius 3 is 3.28 bits per heavy atom. The molecular weight excluding hydrogens is 228 g/mol. The van der Waals surface area contributed by atoms with Crippen molar-refractivity contribution in [3.05, 3.63) is 30.2 Å². The van der Waals surface area contributed by atoms with Gasteiger partial charge in [-0.3, -0.25) is 4.40 Å². The van der Waals surface area contributed by atoms with Crippen molar-refractivity contribution in [1.82, 2.24) is 19.9 Å². The maximum absolute atomic E-state index is 5.35. The largest absolute Gasteiger partial charge is 0.381 e. The zero-order chi connectivity index (χ0) is 12.2. The summed E-state index contributed by atoms with van der Waals surface area (Å²) in [6, 6.07) is 5.95. The zero-order valence-corrected chi connectivity index (χ0v) is 10.4. The number of rotatable bonds is 5. The molecule has 18 heavy (non-hydrogen) atoms. The van der Waals surface area contributed by atoms with E-state index >= 15 is 0 Å². The molecule has 96 valence electrons. The molecule has 2 aromatic heterocycles. The molecule has 1 aliphatic heterocycles. The summed E-state index contributed by atoms with van der Waals surface area (Å²) in [6.45, 7) is 3.80. The summed E-state index contributed by atoms with van der Waals surface area (Å²) in [4.78, 5) is 0. The van der Waals surface area contributed by atoms with Crippen LogP contribution in [0.5, 0.6) is 0 Å². The van der Waals surface area contributed by atoms with Gasteiger partial charge in [0.25, 0.3) is 0 Å². The van der Waals surface area contributed by atoms with Crippen molar-refractivity contribution < 1.29 is 4.74 Å². The molecule has 1 unspecified atom stereocenters. The Labute approximate surface area is 106 Å². The Hall–Kier alpha value is -1.46. The van der Waals surface area contributed by atoms with Crippen LogP contribution in [-0.2, 0) is 11.2 Å². The monoisotopic (exact) mass is 246 g/mol. The number of pyridine rings is 1. The van der Waals surface area contributed by atoms with Crippen molar-refractivity contribution in [3.63, 3.8) is 0 Å². The molecule has 0 aromatic carbocycles. The Bertz CT molecular complexity index is 504. The molecule has 0 spiro atoms. The van der Waals surface area contributed by atoms with Crippen LogP contribution in [-0.4, -0.2) is 40.9 Å². The van der Waals surface area contributed by atoms with Gasteiger partial charge in [0, 0.05) is 32.3 Å². The van der Waals surface area contributed by atoms with E-state index in [1.807, 2.05) is 28.8 Å². The lowest BCUT2D eigenvalue weighted by atomic mass is 10.1. The normalized spacial score (nSPS) is 19.7. The number of nitrogens with one attached hydrogen (secondary N) is 1. The number of aromatic nitrogens is 3. The smallest absolute Gasteiger partial charge is 0.160 e. The SMILES string of the molecule is c1ccn2c(CCNCC3CCOC3)nnc2c1. The van der Waals surface area contributed by atoms with E-state index in [4.69, 9.17) is 4.74 Å². The molecular formula is C13H18N4O. The van der Waals surface area contributed by atoms with Gasteiger partial charge in [0.05, 0.1) is 6.61 Å². The van der Waals surface area contributed by atoms with Gasteiger partial charge >= 0.3 is 0 Å². The Balaban J connectivity index is 1.50. The van der Waals surface area contributed by atoms with Gasteiger partial charge < -0.3 is 10.1 Å². The zero-order valence-electron chi connectivity index (χ0n) is 10.4. The number of fused-ring (bicyclic) bond motifs is 1. The highest BCUT2D eigenvalue weighted by Crippen LogP contribution is 2.10. The second-order valence-corrected chi connectivity index (χ2v) is 4.73. The first kappa shape index (κ1) is 11.6. The van der Waals surface area contributed by atoms with Crippen molar-refractivity contribution in [3.8, 4) is 0 Å². The number of nitrogens with zero attached hydrogens (tertiary/aromatic N) is 3. The third-order valence-electron chi connectivity index (χ3n) is 3.37. The molecule has 0 saturated carbocycles. The summed E-state index contributed by atoms with van der Waals surface area (Å²) in [5.74, 6) is 1.70. The Kier molecular flexibility index (Phi) is 3.52. The maximum atomic E-state index is 5.35. The van der Waals surface area contributed by atoms with Crippen LogP contribution in [0.3, 0.4) is 0 Å². The number of hydrogen-bond acceptors (Lipinski definition) is 4. The average molecular weight is 246 g/mol. The van der Waals surface area contributed by atoms with Crippen LogP contribution < -0.4 is 5.32 Å². The number of hydrogen-bond donors (Lipinski definition) is 1. The van der Waals surface area contributed by atoms with Crippen LogP contribution in [0.15, 0.2) is 24.4 Å². The highest BCUT2D eigenvalue weighted by atomic mass is 16.5. The van der Waals surface area contributed by atoms with Crippen LogP contribution in [0, 0.1) is 5.92 Å². The lowest BCUT2D eigenvalue weighted by Crippen LogP contribution is -2.25. The second kappa shape index (κ2) is 5.46. The van der Waals surface area contributed by atoms with E-state index in [-0.39, 0.29) is 0 Å². The van der Waals surface area contributed by atoms with Gasteiger partial charge in [-0.15, -0.1) is 10.2 Å². The second-order valence-electron chi connectivity index (χ2n) is 4.73. The first-order valence-corrected chi connectivity index (χ1v) is 6.50. The van der Waals surface area contributed by atoms with Gasteiger partial charge in [0.15, 0.2) is 5.65 Å². The first-order valence-electron chi connectivity index (χ1n) is 6.50. The quantitative estimate of drug-likeness (QED) is 0.796. The van der Waals surface area contributed by atoms with Crippen molar-refractivity contribution in [1.29, 1.82) is 0 Å². The molecule has 2 aromatic rings. The Morgan fingerprint density at radius 2 is 2.39 bits per heavy atom. The maximum Gasteiger partial charge on any atom is 0.160 e. The molecule has 0 amide bonds. The molecule has 1 atom stereocenters. The molecule has 3 rings (SSSR count). The fraction of sp³-hybridized carbons (Fsp3) is 0.538. The van der Waals surface area contributed by atoms with Crippen molar-refractivity contribution in [2.24, 2.45) is 5.92 Å². The summed E-state index contributed by atoms with van der Waals surface area (Å²) in [7, 11) is 0. The minimum atomic E-state index is 0.681. The van der Waals surface area contributed by atoms with Crippen molar-refractivity contribution in [2.45, 2.75) is 12.8 Å². The van der Waals surface area contributed by atoms with Gasteiger partial charge in [0.1, 0.15) is 5.82 Å². The molecule has 1 aliphatic rings. The molecule has 5 heteroatoms. The fourth-order valence-electron chi connectivity index (χ4n) is 2.31. The average Bonchev–Trinajstić information content (AvgIpc) is 3.04. The van der Waals surface area contributed by atoms with Gasteiger partial charge in [-0.2, -0.15) is 0 Å². The standard InChI is InChI=1S/C13H18N4O/c1-2-7-17-12(3-1)15-16-13(17)4-6-14-9-11-5-8-18-10-11/h1-3,7,11,14H,4-6,8-10H2. The first-order chi connectivity index (χ1) is 8.93. The van der Waals surface area contributed by atoms with Crippen LogP contribution in [0.4, 0.5) is 0 Å². The third kappa shape index (κ3) is 2.52. The predicted octanol–water partition coefficient (Wildman–Crippen LogP) is 0.898. The molecule has 5 nitrogen and oxygen atoms in total. The molecule has 3 heterocycles. The van der Waals surface area contributed by atoms with Gasteiger partial charge in [-0.25, -0.2) is 0 Å². The molecule has 1 N–H and O–H groups in total. The van der Waals surface area contributed by atoms with E-state index < -0.39 is 0 Å². The molecule has 0 bridgehead atoms. The topological polar surface area (TPSA) is 51.5 Å². The minimum Gasteiger partial charge on any atom is -0.381 e. The summed E-state index contributed by atoms with van der Waals surface area (Å²) in [6.07, 6.45) is 4.09. The minimum absolute atomic E-state index is 0.681. The summed E-state index contributed by atoms with van der Waals surface area (Å²) in [5.41, 5.74) is 0.914. The van der Waals surface area contributed by atoms with Crippen molar-refractivity contribution >= 4 is 5.65 Å². The lowest BCUT2D eigenvalue weighted by Gasteiger charge is -2.08. The molecule has 1 saturated heterocycles. The van der Waals surface area contributed by atoms with Gasteiger partial charge in [0.2, 0.25) is 0 Å². The third-order valence-corrected chi connectivity index (χ3v) is 3.37. The number of ether oxygens (including phenoxy) is 1. The predicted molar refractivity (Wildman–Crippen MR) is 68.5 cm³/mol. The van der Waals surface area contributed by atoms with Crippen LogP contribution in [0.1, 0.15) is 12.2 Å². The van der Waals surface area contributed by atoms with Crippen LogP contribution in [0.2, 0.25) is 0 Å². The fourth-order valence-corrected chi connectivity index (χ4v) is 2.31. The highest BCUT2D eigenvalue weighted by Gasteiger charge is 2.14. The van der Waals surface area contributed by atoms with E-state index in [9.17, 15) is 0 Å². The lowest BCUT2D eigenvalue weighted by molar-refractivity contribution is 0.185. The summed E-state index contributed by atoms with van der Waals surface area (Å²) >= 11 is 0. The van der Waals surface area contributed by atoms with Gasteiger partial charge in [-0.1, -0.05) is 6.07 Å². The highest BCUT2D eigenvalue weighted by molar-refractivity contribution is 5.36. The molecule has 0 aliphatic carbocycles. The van der Waals surface area contributed by atoms with E-state index in [1.54, 1.807) is 0 Å². The van der Waals surface area contributed by atoms with E-state index in [1.165, 1.54) is 6.42 Å². The molecule has 1 fully saturated rings. The van der Waals surface area contributed by atoms with E-state index in [0.717, 1.165) is 44.2 Å². The van der Waals surface area contributed by atoms with E-state index in [2.05, 4.69) is 15.5 Å².